The van der Waals surface area contributed by atoms with Crippen molar-refractivity contribution in [2.24, 2.45) is 0 Å². The van der Waals surface area contributed by atoms with Crippen molar-refractivity contribution >= 4 is 5.91 Å². The molecule has 4 rings (SSSR count). The molecule has 0 radical (unpaired) electrons. The molecule has 1 atom stereocenters. The minimum absolute atomic E-state index is 0.170. The number of benzene rings is 1. The van der Waals surface area contributed by atoms with Crippen LogP contribution in [0.5, 0.6) is 5.75 Å². The van der Waals surface area contributed by atoms with Crippen molar-refractivity contribution in [3.8, 4) is 5.75 Å². The number of carbonyl (C=O) groups is 1. The molecular formula is C21H20FN3O3. The van der Waals surface area contributed by atoms with Gasteiger partial charge in [0.25, 0.3) is 5.91 Å². The molecule has 28 heavy (non-hydrogen) atoms. The molecule has 0 unspecified atom stereocenters. The number of ether oxygens (including phenoxy) is 1. The summed E-state index contributed by atoms with van der Waals surface area (Å²) in [6.45, 7) is 3.28. The van der Waals surface area contributed by atoms with Gasteiger partial charge < -0.3 is 14.2 Å². The van der Waals surface area contributed by atoms with Gasteiger partial charge in [-0.3, -0.25) is 9.78 Å². The predicted molar refractivity (Wildman–Crippen MR) is 99.5 cm³/mol. The third-order valence-electron chi connectivity index (χ3n) is 4.86. The first-order valence-electron chi connectivity index (χ1n) is 9.14. The molecule has 6 nitrogen and oxygen atoms in total. The Morgan fingerprint density at radius 2 is 2.11 bits per heavy atom. The van der Waals surface area contributed by atoms with Crippen LogP contribution in [0.1, 0.15) is 39.8 Å². The average Bonchev–Trinajstić information content (AvgIpc) is 3.38. The van der Waals surface area contributed by atoms with Crippen LogP contribution in [0.2, 0.25) is 0 Å². The Labute approximate surface area is 161 Å². The van der Waals surface area contributed by atoms with Crippen LogP contribution in [0, 0.1) is 12.7 Å². The minimum Gasteiger partial charge on any atom is -0.484 e. The molecule has 0 N–H and O–H groups in total. The van der Waals surface area contributed by atoms with E-state index in [1.165, 1.54) is 12.1 Å². The number of carbonyl (C=O) groups excluding carboxylic acids is 1. The number of pyridine rings is 1. The molecule has 1 saturated heterocycles. The van der Waals surface area contributed by atoms with Crippen molar-refractivity contribution < 1.29 is 18.4 Å². The zero-order valence-electron chi connectivity index (χ0n) is 15.5. The van der Waals surface area contributed by atoms with Crippen molar-refractivity contribution in [3.05, 3.63) is 77.2 Å². The molecule has 144 valence electrons. The summed E-state index contributed by atoms with van der Waals surface area (Å²) < 4.78 is 23.9. The first-order chi connectivity index (χ1) is 13.6. The molecule has 3 heterocycles. The third kappa shape index (κ3) is 4.03. The van der Waals surface area contributed by atoms with Gasteiger partial charge in [-0.15, -0.1) is 0 Å². The normalized spacial score (nSPS) is 16.4. The van der Waals surface area contributed by atoms with Gasteiger partial charge in [-0.05, 0) is 43.2 Å². The lowest BCUT2D eigenvalue weighted by Gasteiger charge is -2.15. The second-order valence-electron chi connectivity index (χ2n) is 6.89. The monoisotopic (exact) mass is 381 g/mol. The van der Waals surface area contributed by atoms with E-state index in [2.05, 4.69) is 10.1 Å². The zero-order valence-corrected chi connectivity index (χ0v) is 15.5. The second-order valence-corrected chi connectivity index (χ2v) is 6.89. The van der Waals surface area contributed by atoms with E-state index >= 15 is 0 Å². The number of likely N-dealkylation sites (tertiary alicyclic amines) is 1. The van der Waals surface area contributed by atoms with Crippen molar-refractivity contribution in [1.29, 1.82) is 0 Å². The maximum Gasteiger partial charge on any atom is 0.276 e. The lowest BCUT2D eigenvalue weighted by Crippen LogP contribution is -2.28. The minimum atomic E-state index is -0.256. The highest BCUT2D eigenvalue weighted by atomic mass is 19.1. The molecule has 0 spiro atoms. The van der Waals surface area contributed by atoms with E-state index in [4.69, 9.17) is 9.26 Å². The number of nitrogens with zero attached hydrogens (tertiary/aromatic N) is 3. The lowest BCUT2D eigenvalue weighted by atomic mass is 9.99. The van der Waals surface area contributed by atoms with E-state index in [0.29, 0.717) is 24.6 Å². The van der Waals surface area contributed by atoms with Crippen LogP contribution >= 0.6 is 0 Å². The number of aryl methyl sites for hydroxylation is 1. The summed E-state index contributed by atoms with van der Waals surface area (Å²) in [5, 5.41) is 3.89. The van der Waals surface area contributed by atoms with Crippen LogP contribution < -0.4 is 4.74 Å². The maximum atomic E-state index is 13.1. The molecule has 1 amide bonds. The van der Waals surface area contributed by atoms with E-state index in [-0.39, 0.29) is 29.9 Å². The summed E-state index contributed by atoms with van der Waals surface area (Å²) >= 11 is 0. The number of hydrogen-bond acceptors (Lipinski definition) is 5. The summed E-state index contributed by atoms with van der Waals surface area (Å²) in [7, 11) is 0. The smallest absolute Gasteiger partial charge is 0.276 e. The first kappa shape index (κ1) is 18.2. The Morgan fingerprint density at radius 1 is 1.29 bits per heavy atom. The highest BCUT2D eigenvalue weighted by Gasteiger charge is 2.29. The van der Waals surface area contributed by atoms with Gasteiger partial charge in [0.15, 0.2) is 11.5 Å². The number of halogens is 1. The average molecular weight is 381 g/mol. The second kappa shape index (κ2) is 7.80. The van der Waals surface area contributed by atoms with E-state index < -0.39 is 0 Å². The summed E-state index contributed by atoms with van der Waals surface area (Å²) in [6, 6.07) is 11.7. The largest absolute Gasteiger partial charge is 0.484 e. The fraction of sp³-hybridized carbons (Fsp3) is 0.286. The highest BCUT2D eigenvalue weighted by Crippen LogP contribution is 2.28. The Kier molecular flexibility index (Phi) is 5.06. The van der Waals surface area contributed by atoms with E-state index in [1.807, 2.05) is 19.1 Å². The third-order valence-corrected chi connectivity index (χ3v) is 4.86. The van der Waals surface area contributed by atoms with Crippen LogP contribution in [-0.4, -0.2) is 34.0 Å². The van der Waals surface area contributed by atoms with Crippen LogP contribution in [0.4, 0.5) is 4.39 Å². The van der Waals surface area contributed by atoms with Crippen LogP contribution in [-0.2, 0) is 6.61 Å². The lowest BCUT2D eigenvalue weighted by molar-refractivity contribution is 0.0780. The summed E-state index contributed by atoms with van der Waals surface area (Å²) in [6.07, 6.45) is 2.48. The van der Waals surface area contributed by atoms with Crippen molar-refractivity contribution in [2.45, 2.75) is 25.9 Å². The Bertz CT molecular complexity index is 954. The number of amides is 1. The summed E-state index contributed by atoms with van der Waals surface area (Å²) in [5.74, 6) is 0.869. The number of hydrogen-bond donors (Lipinski definition) is 0. The van der Waals surface area contributed by atoms with E-state index in [0.717, 1.165) is 17.7 Å². The molecule has 0 saturated carbocycles. The van der Waals surface area contributed by atoms with Gasteiger partial charge in [-0.25, -0.2) is 4.39 Å². The van der Waals surface area contributed by atoms with Gasteiger partial charge in [-0.1, -0.05) is 17.3 Å². The molecule has 1 aliphatic heterocycles. The van der Waals surface area contributed by atoms with Gasteiger partial charge in [0.05, 0.1) is 6.20 Å². The Balaban J connectivity index is 1.35. The SMILES string of the molecule is Cc1ccc(OCc2cc(C(=O)N3CC[C@H](c4ccc(F)cc4)C3)no2)cn1. The molecule has 0 aliphatic carbocycles. The standard InChI is InChI=1S/C21H20FN3O3/c1-14-2-7-18(11-23-14)27-13-19-10-20(24-28-19)21(26)25-9-8-16(12-25)15-3-5-17(22)6-4-15/h2-7,10-11,16H,8-9,12-13H2,1H3/t16-/m0/s1. The number of rotatable bonds is 5. The molecule has 2 aromatic heterocycles. The Morgan fingerprint density at radius 3 is 2.86 bits per heavy atom. The van der Waals surface area contributed by atoms with Crippen molar-refractivity contribution in [3.63, 3.8) is 0 Å². The number of aromatic nitrogens is 2. The molecule has 1 fully saturated rings. The molecule has 3 aromatic rings. The predicted octanol–water partition coefficient (Wildman–Crippen LogP) is 3.73. The van der Waals surface area contributed by atoms with E-state index in [1.54, 1.807) is 29.3 Å². The van der Waals surface area contributed by atoms with Crippen molar-refractivity contribution in [2.75, 3.05) is 13.1 Å². The van der Waals surface area contributed by atoms with Gasteiger partial charge in [0, 0.05) is 30.8 Å². The molecule has 1 aliphatic rings. The fourth-order valence-corrected chi connectivity index (χ4v) is 3.29. The topological polar surface area (TPSA) is 68.5 Å². The molecule has 7 heteroatoms. The van der Waals surface area contributed by atoms with Crippen LogP contribution in [0.25, 0.3) is 0 Å². The van der Waals surface area contributed by atoms with Gasteiger partial charge in [0.1, 0.15) is 18.2 Å². The van der Waals surface area contributed by atoms with Crippen LogP contribution in [0.15, 0.2) is 53.2 Å². The summed E-state index contributed by atoms with van der Waals surface area (Å²) in [4.78, 5) is 18.6. The fourth-order valence-electron chi connectivity index (χ4n) is 3.29. The van der Waals surface area contributed by atoms with Gasteiger partial charge in [-0.2, -0.15) is 0 Å². The quantitative estimate of drug-likeness (QED) is 0.674. The Hall–Kier alpha value is -3.22. The van der Waals surface area contributed by atoms with Gasteiger partial charge >= 0.3 is 0 Å². The molecule has 0 bridgehead atoms. The summed E-state index contributed by atoms with van der Waals surface area (Å²) in [5.41, 5.74) is 2.21. The zero-order chi connectivity index (χ0) is 19.5. The first-order valence-corrected chi connectivity index (χ1v) is 9.14. The highest BCUT2D eigenvalue weighted by molar-refractivity contribution is 5.92. The van der Waals surface area contributed by atoms with E-state index in [9.17, 15) is 9.18 Å². The molecule has 1 aromatic carbocycles. The van der Waals surface area contributed by atoms with Gasteiger partial charge in [0.2, 0.25) is 0 Å². The van der Waals surface area contributed by atoms with Crippen LogP contribution in [0.3, 0.4) is 0 Å². The van der Waals surface area contributed by atoms with Crippen molar-refractivity contribution in [1.82, 2.24) is 15.0 Å². The molecular weight excluding hydrogens is 361 g/mol. The maximum absolute atomic E-state index is 13.1.